The van der Waals surface area contributed by atoms with Crippen molar-refractivity contribution in [3.63, 3.8) is 0 Å². The molecule has 0 amide bonds. The lowest BCUT2D eigenvalue weighted by Gasteiger charge is -2.18. The van der Waals surface area contributed by atoms with Gasteiger partial charge in [0.25, 0.3) is 0 Å². The van der Waals surface area contributed by atoms with Crippen LogP contribution in [0.2, 0.25) is 0 Å². The lowest BCUT2D eigenvalue weighted by atomic mass is 10.1. The Hall–Kier alpha value is -4.97. The lowest BCUT2D eigenvalue weighted by Crippen LogP contribution is -2.30. The molecule has 0 aliphatic carbocycles. The smallest absolute Gasteiger partial charge is 0.306 e. The van der Waals surface area contributed by atoms with Crippen molar-refractivity contribution in [2.75, 3.05) is 13.2 Å². The van der Waals surface area contributed by atoms with Gasteiger partial charge in [-0.3, -0.25) is 14.4 Å². The summed E-state index contributed by atoms with van der Waals surface area (Å²) in [5.74, 6) is -0.961. The van der Waals surface area contributed by atoms with E-state index in [1.807, 2.05) is 0 Å². The van der Waals surface area contributed by atoms with Gasteiger partial charge in [0.15, 0.2) is 6.10 Å². The van der Waals surface area contributed by atoms with Gasteiger partial charge in [0.2, 0.25) is 0 Å². The van der Waals surface area contributed by atoms with Gasteiger partial charge in [-0.25, -0.2) is 0 Å². The normalized spacial score (nSPS) is 13.2. The van der Waals surface area contributed by atoms with Gasteiger partial charge < -0.3 is 14.2 Å². The van der Waals surface area contributed by atoms with Crippen LogP contribution in [0.25, 0.3) is 0 Å². The van der Waals surface area contributed by atoms with Crippen LogP contribution in [-0.2, 0) is 28.6 Å². The molecule has 1 unspecified atom stereocenters. The zero-order valence-corrected chi connectivity index (χ0v) is 50.1. The Morgan fingerprint density at radius 2 is 0.500 bits per heavy atom. The summed E-state index contributed by atoms with van der Waals surface area (Å²) in [5.41, 5.74) is 0. The van der Waals surface area contributed by atoms with Crippen LogP contribution in [0.1, 0.15) is 258 Å². The highest BCUT2D eigenvalue weighted by atomic mass is 16.6. The van der Waals surface area contributed by atoms with Crippen LogP contribution in [0.15, 0.2) is 158 Å². The minimum absolute atomic E-state index is 0.102. The van der Waals surface area contributed by atoms with Crippen LogP contribution in [0, 0.1) is 0 Å². The van der Waals surface area contributed by atoms with Crippen molar-refractivity contribution in [3.8, 4) is 0 Å². The molecule has 0 N–H and O–H groups in total. The number of rotatable bonds is 55. The van der Waals surface area contributed by atoms with Gasteiger partial charge in [-0.2, -0.15) is 0 Å². The minimum atomic E-state index is -0.809. The summed E-state index contributed by atoms with van der Waals surface area (Å²) >= 11 is 0. The Morgan fingerprint density at radius 3 is 0.808 bits per heavy atom. The van der Waals surface area contributed by atoms with Crippen molar-refractivity contribution in [1.82, 2.24) is 0 Å². The van der Waals surface area contributed by atoms with Crippen LogP contribution >= 0.6 is 0 Å². The van der Waals surface area contributed by atoms with Crippen molar-refractivity contribution >= 4 is 17.9 Å². The maximum Gasteiger partial charge on any atom is 0.306 e. The van der Waals surface area contributed by atoms with Crippen molar-refractivity contribution < 1.29 is 28.6 Å². The van der Waals surface area contributed by atoms with Gasteiger partial charge in [-0.1, -0.05) is 269 Å². The number of carbonyl (C=O) groups is 3. The molecule has 6 nitrogen and oxygen atoms in total. The second-order valence-electron chi connectivity index (χ2n) is 20.2. The van der Waals surface area contributed by atoms with E-state index < -0.39 is 6.10 Å². The van der Waals surface area contributed by atoms with E-state index in [-0.39, 0.29) is 37.5 Å². The number of unbranched alkanes of at least 4 members (excludes halogenated alkanes) is 18. The van der Waals surface area contributed by atoms with Gasteiger partial charge in [-0.15, -0.1) is 0 Å². The van der Waals surface area contributed by atoms with E-state index in [4.69, 9.17) is 14.2 Å². The molecule has 0 fully saturated rings. The molecule has 0 radical (unpaired) electrons. The Morgan fingerprint density at radius 1 is 0.269 bits per heavy atom. The molecule has 0 saturated carbocycles. The van der Waals surface area contributed by atoms with E-state index >= 15 is 0 Å². The minimum Gasteiger partial charge on any atom is -0.462 e. The maximum atomic E-state index is 12.8. The van der Waals surface area contributed by atoms with E-state index in [1.54, 1.807) is 0 Å². The number of allylic oxidation sites excluding steroid dienone is 26. The molecule has 0 heterocycles. The first-order chi connectivity index (χ1) is 38.5. The summed E-state index contributed by atoms with van der Waals surface area (Å²) in [6.07, 6.45) is 94.1. The molecule has 0 spiro atoms. The van der Waals surface area contributed by atoms with Crippen molar-refractivity contribution in [3.05, 3.63) is 158 Å². The average Bonchev–Trinajstić information content (AvgIpc) is 3.44. The summed E-state index contributed by atoms with van der Waals surface area (Å²) in [4.78, 5) is 38.1. The van der Waals surface area contributed by atoms with E-state index in [0.717, 1.165) is 141 Å². The first kappa shape index (κ1) is 73.0. The molecule has 6 heteroatoms. The summed E-state index contributed by atoms with van der Waals surface area (Å²) < 4.78 is 16.8. The molecule has 0 aromatic rings. The Bertz CT molecular complexity index is 1760. The van der Waals surface area contributed by atoms with Gasteiger partial charge in [0, 0.05) is 19.3 Å². The Labute approximate surface area is 480 Å². The molecule has 438 valence electrons. The van der Waals surface area contributed by atoms with E-state index in [2.05, 4.69) is 179 Å². The molecule has 0 aromatic carbocycles. The summed E-state index contributed by atoms with van der Waals surface area (Å²) in [6, 6.07) is 0. The Kier molecular flexibility index (Phi) is 60.4. The zero-order valence-electron chi connectivity index (χ0n) is 50.1. The molecule has 0 aliphatic heterocycles. The van der Waals surface area contributed by atoms with Gasteiger partial charge >= 0.3 is 17.9 Å². The molecule has 0 aromatic heterocycles. The van der Waals surface area contributed by atoms with E-state index in [1.165, 1.54) is 70.6 Å². The van der Waals surface area contributed by atoms with Crippen LogP contribution in [-0.4, -0.2) is 37.2 Å². The Balaban J connectivity index is 4.28. The van der Waals surface area contributed by atoms with Crippen molar-refractivity contribution in [1.29, 1.82) is 0 Å². The van der Waals surface area contributed by atoms with Gasteiger partial charge in [-0.05, 0) is 128 Å². The van der Waals surface area contributed by atoms with Crippen LogP contribution in [0.5, 0.6) is 0 Å². The molecule has 0 rings (SSSR count). The van der Waals surface area contributed by atoms with Crippen molar-refractivity contribution in [2.45, 2.75) is 264 Å². The molecular weight excluding hydrogens is 961 g/mol. The fourth-order valence-corrected chi connectivity index (χ4v) is 8.13. The second-order valence-corrected chi connectivity index (χ2v) is 20.2. The van der Waals surface area contributed by atoms with Gasteiger partial charge in [0.05, 0.1) is 0 Å². The summed E-state index contributed by atoms with van der Waals surface area (Å²) in [5, 5.41) is 0. The fraction of sp³-hybridized carbons (Fsp3) is 0.597. The third kappa shape index (κ3) is 61.9. The fourth-order valence-electron chi connectivity index (χ4n) is 8.13. The van der Waals surface area contributed by atoms with E-state index in [0.29, 0.717) is 19.3 Å². The molecule has 0 saturated heterocycles. The SMILES string of the molecule is CC/C=C\C/C=C\C/C=C\C/C=C\C/C=C\C/C=C\C/C=C\CCCCCCCCCCCC(=O)OCC(COC(=O)CCCCCCCCCC)OC(=O)CCCC/C=C\C/C=C\C/C=C\C/C=C\C/C=C\C/C=C\CC. The zero-order chi connectivity index (χ0) is 56.4. The number of hydrogen-bond donors (Lipinski definition) is 0. The van der Waals surface area contributed by atoms with Gasteiger partial charge in [0.1, 0.15) is 13.2 Å². The highest BCUT2D eigenvalue weighted by Gasteiger charge is 2.19. The summed E-state index contributed by atoms with van der Waals surface area (Å²) in [6.45, 7) is 6.33. The monoisotopic (exact) mass is 1070 g/mol. The first-order valence-electron chi connectivity index (χ1n) is 31.5. The number of carbonyl (C=O) groups excluding carboxylic acids is 3. The van der Waals surface area contributed by atoms with Crippen LogP contribution in [0.3, 0.4) is 0 Å². The molecule has 78 heavy (non-hydrogen) atoms. The third-order valence-electron chi connectivity index (χ3n) is 12.8. The largest absolute Gasteiger partial charge is 0.462 e. The quantitative estimate of drug-likeness (QED) is 0.0261. The van der Waals surface area contributed by atoms with E-state index in [9.17, 15) is 14.4 Å². The highest BCUT2D eigenvalue weighted by Crippen LogP contribution is 2.14. The molecule has 0 bridgehead atoms. The molecule has 1 atom stereocenters. The third-order valence-corrected chi connectivity index (χ3v) is 12.8. The standard InChI is InChI=1S/C72H114O6/c1-4-7-10-13-16-19-21-23-25-27-29-31-32-33-34-35-36-37-38-39-40-42-43-45-47-49-51-53-56-59-62-65-71(74)77-68-69(67-76-70(73)64-61-58-55-18-15-12-9-6-3)78-72(75)66-63-60-57-54-52-50-48-46-44-41-30-28-26-24-22-20-17-14-11-8-5-2/h7-8,10-11,16-17,19-20,23-26,29-31,33-34,36-37,39-41,46,48,52,54,69H,4-6,9,12-15,18,21-22,27-28,32,35,38,42-45,47,49-51,53,55-68H2,1-3H3/b10-7-,11-8-,19-16-,20-17-,25-23-,26-24-,31-29-,34-33-,37-36-,40-39-,41-30-,48-46-,54-52-. The van der Waals surface area contributed by atoms with Crippen LogP contribution in [0.4, 0.5) is 0 Å². The first-order valence-corrected chi connectivity index (χ1v) is 31.5. The van der Waals surface area contributed by atoms with Crippen molar-refractivity contribution in [2.24, 2.45) is 0 Å². The van der Waals surface area contributed by atoms with Crippen LogP contribution < -0.4 is 0 Å². The number of esters is 3. The summed E-state index contributed by atoms with van der Waals surface area (Å²) in [7, 11) is 0. The lowest BCUT2D eigenvalue weighted by molar-refractivity contribution is -0.167. The number of hydrogen-bond acceptors (Lipinski definition) is 6. The maximum absolute atomic E-state index is 12.8. The average molecular weight is 1080 g/mol. The molecule has 0 aliphatic rings. The topological polar surface area (TPSA) is 78.9 Å². The second kappa shape index (κ2) is 64.6. The number of ether oxygens (including phenoxy) is 3. The highest BCUT2D eigenvalue weighted by molar-refractivity contribution is 5.71. The predicted octanol–water partition coefficient (Wildman–Crippen LogP) is 21.7. The molecular formula is C72H114O6. The predicted molar refractivity (Wildman–Crippen MR) is 338 cm³/mol.